The SMILES string of the molecule is CCc1c(Cl)nc(C2CCOc3ccccc32)nc1Cl. The molecule has 0 bridgehead atoms. The first-order chi connectivity index (χ1) is 9.70. The minimum atomic E-state index is 0.0841. The number of benzene rings is 1. The van der Waals surface area contributed by atoms with Gasteiger partial charge in [-0.2, -0.15) is 0 Å². The molecule has 0 saturated carbocycles. The van der Waals surface area contributed by atoms with E-state index in [4.69, 9.17) is 27.9 Å². The van der Waals surface area contributed by atoms with Crippen molar-refractivity contribution < 1.29 is 4.74 Å². The molecule has 3 rings (SSSR count). The van der Waals surface area contributed by atoms with E-state index in [0.717, 1.165) is 29.7 Å². The van der Waals surface area contributed by atoms with Crippen molar-refractivity contribution >= 4 is 23.2 Å². The molecule has 0 spiro atoms. The summed E-state index contributed by atoms with van der Waals surface area (Å²) in [6.45, 7) is 2.63. The Balaban J connectivity index is 2.07. The zero-order valence-electron chi connectivity index (χ0n) is 11.1. The van der Waals surface area contributed by atoms with Crippen molar-refractivity contribution in [3.05, 3.63) is 51.5 Å². The van der Waals surface area contributed by atoms with Crippen LogP contribution < -0.4 is 4.74 Å². The van der Waals surface area contributed by atoms with Crippen LogP contribution in [0.25, 0.3) is 0 Å². The molecule has 5 heteroatoms. The largest absolute Gasteiger partial charge is 0.493 e. The van der Waals surface area contributed by atoms with Gasteiger partial charge in [-0.15, -0.1) is 0 Å². The van der Waals surface area contributed by atoms with Crippen LogP contribution in [0.3, 0.4) is 0 Å². The van der Waals surface area contributed by atoms with Gasteiger partial charge in [0.2, 0.25) is 0 Å². The molecule has 1 atom stereocenters. The third kappa shape index (κ3) is 2.36. The molecule has 1 aliphatic heterocycles. The Bertz CT molecular complexity index is 623. The van der Waals surface area contributed by atoms with Gasteiger partial charge in [-0.3, -0.25) is 0 Å². The van der Waals surface area contributed by atoms with Crippen LogP contribution in [-0.4, -0.2) is 16.6 Å². The van der Waals surface area contributed by atoms with Crippen LogP contribution in [0.15, 0.2) is 24.3 Å². The fourth-order valence-electron chi connectivity index (χ4n) is 2.50. The Hall–Kier alpha value is -1.32. The predicted octanol–water partition coefficient (Wildman–Crippen LogP) is 4.26. The summed E-state index contributed by atoms with van der Waals surface area (Å²) in [5.41, 5.74) is 1.90. The maximum Gasteiger partial charge on any atom is 0.139 e. The van der Waals surface area contributed by atoms with Gasteiger partial charge >= 0.3 is 0 Å². The summed E-state index contributed by atoms with van der Waals surface area (Å²) >= 11 is 12.4. The topological polar surface area (TPSA) is 35.0 Å². The first-order valence-corrected chi connectivity index (χ1v) is 7.39. The zero-order valence-corrected chi connectivity index (χ0v) is 12.6. The zero-order chi connectivity index (χ0) is 14.1. The van der Waals surface area contributed by atoms with Gasteiger partial charge in [-0.1, -0.05) is 48.3 Å². The van der Waals surface area contributed by atoms with Gasteiger partial charge in [0.1, 0.15) is 21.9 Å². The molecule has 20 heavy (non-hydrogen) atoms. The van der Waals surface area contributed by atoms with Gasteiger partial charge in [-0.05, 0) is 18.9 Å². The number of fused-ring (bicyclic) bond motifs is 1. The molecule has 1 aliphatic rings. The Morgan fingerprint density at radius 2 is 1.90 bits per heavy atom. The van der Waals surface area contributed by atoms with E-state index in [-0.39, 0.29) is 5.92 Å². The lowest BCUT2D eigenvalue weighted by Crippen LogP contribution is -2.17. The van der Waals surface area contributed by atoms with Crippen LogP contribution in [0.2, 0.25) is 10.3 Å². The molecule has 1 aromatic carbocycles. The van der Waals surface area contributed by atoms with E-state index in [0.29, 0.717) is 22.7 Å². The molecule has 1 aromatic heterocycles. The van der Waals surface area contributed by atoms with Crippen molar-refractivity contribution in [3.63, 3.8) is 0 Å². The quantitative estimate of drug-likeness (QED) is 0.778. The first kappa shape index (κ1) is 13.7. The normalized spacial score (nSPS) is 17.4. The van der Waals surface area contributed by atoms with Crippen LogP contribution in [0.1, 0.15) is 36.2 Å². The molecule has 0 radical (unpaired) electrons. The lowest BCUT2D eigenvalue weighted by atomic mass is 9.92. The molecule has 2 heterocycles. The molecule has 104 valence electrons. The molecule has 0 amide bonds. The second-order valence-corrected chi connectivity index (χ2v) is 5.44. The van der Waals surface area contributed by atoms with Crippen molar-refractivity contribution in [2.45, 2.75) is 25.7 Å². The van der Waals surface area contributed by atoms with Gasteiger partial charge in [0.15, 0.2) is 0 Å². The summed E-state index contributed by atoms with van der Waals surface area (Å²) in [6, 6.07) is 7.95. The van der Waals surface area contributed by atoms with Crippen molar-refractivity contribution in [1.82, 2.24) is 9.97 Å². The van der Waals surface area contributed by atoms with Crippen LogP contribution in [0.4, 0.5) is 0 Å². The van der Waals surface area contributed by atoms with E-state index in [1.807, 2.05) is 31.2 Å². The molecule has 2 aromatic rings. The number of para-hydroxylation sites is 1. The minimum Gasteiger partial charge on any atom is -0.493 e. The average Bonchev–Trinajstić information content (AvgIpc) is 2.46. The Kier molecular flexibility index (Phi) is 3.81. The van der Waals surface area contributed by atoms with Gasteiger partial charge in [-0.25, -0.2) is 9.97 Å². The molecule has 0 aliphatic carbocycles. The first-order valence-electron chi connectivity index (χ1n) is 6.64. The minimum absolute atomic E-state index is 0.0841. The van der Waals surface area contributed by atoms with E-state index in [9.17, 15) is 0 Å². The number of ether oxygens (including phenoxy) is 1. The Labute approximate surface area is 127 Å². The van der Waals surface area contributed by atoms with E-state index in [1.54, 1.807) is 0 Å². The maximum atomic E-state index is 6.21. The van der Waals surface area contributed by atoms with Crippen LogP contribution in [0, 0.1) is 0 Å². The molecule has 1 unspecified atom stereocenters. The number of hydrogen-bond acceptors (Lipinski definition) is 3. The van der Waals surface area contributed by atoms with Gasteiger partial charge in [0.25, 0.3) is 0 Å². The summed E-state index contributed by atoms with van der Waals surface area (Å²) in [4.78, 5) is 8.88. The highest BCUT2D eigenvalue weighted by Gasteiger charge is 2.26. The lowest BCUT2D eigenvalue weighted by Gasteiger charge is -2.25. The summed E-state index contributed by atoms with van der Waals surface area (Å²) in [7, 11) is 0. The number of halogens is 2. The molecule has 0 N–H and O–H groups in total. The highest BCUT2D eigenvalue weighted by molar-refractivity contribution is 6.34. The van der Waals surface area contributed by atoms with Crippen LogP contribution >= 0.6 is 23.2 Å². The Morgan fingerprint density at radius 3 is 2.60 bits per heavy atom. The van der Waals surface area contributed by atoms with Crippen LogP contribution in [0.5, 0.6) is 5.75 Å². The summed E-state index contributed by atoms with van der Waals surface area (Å²) in [6.07, 6.45) is 1.55. The number of aromatic nitrogens is 2. The second kappa shape index (κ2) is 5.58. The summed E-state index contributed by atoms with van der Waals surface area (Å²) < 4.78 is 5.66. The molecule has 0 saturated heterocycles. The Morgan fingerprint density at radius 1 is 1.20 bits per heavy atom. The molecular formula is C15H14Cl2N2O. The molecule has 3 nitrogen and oxygen atoms in total. The van der Waals surface area contributed by atoms with Crippen molar-refractivity contribution in [3.8, 4) is 5.75 Å². The number of nitrogens with zero attached hydrogens (tertiary/aromatic N) is 2. The fourth-order valence-corrected chi connectivity index (χ4v) is 3.17. The van der Waals surface area contributed by atoms with Crippen molar-refractivity contribution in [2.24, 2.45) is 0 Å². The highest BCUT2D eigenvalue weighted by atomic mass is 35.5. The average molecular weight is 309 g/mol. The molecular weight excluding hydrogens is 295 g/mol. The van der Waals surface area contributed by atoms with Crippen molar-refractivity contribution in [1.29, 1.82) is 0 Å². The predicted molar refractivity (Wildman–Crippen MR) is 79.8 cm³/mol. The highest BCUT2D eigenvalue weighted by Crippen LogP contribution is 2.37. The molecule has 0 fully saturated rings. The van der Waals surface area contributed by atoms with E-state index in [1.165, 1.54) is 0 Å². The van der Waals surface area contributed by atoms with Gasteiger partial charge in [0, 0.05) is 11.1 Å². The maximum absolute atomic E-state index is 6.21. The lowest BCUT2D eigenvalue weighted by molar-refractivity contribution is 0.274. The van der Waals surface area contributed by atoms with E-state index in [2.05, 4.69) is 9.97 Å². The van der Waals surface area contributed by atoms with E-state index < -0.39 is 0 Å². The smallest absolute Gasteiger partial charge is 0.139 e. The standard InChI is InChI=1S/C15H14Cl2N2O/c1-2-9-13(16)18-15(19-14(9)17)11-7-8-20-12-6-4-3-5-10(11)12/h3-6,11H,2,7-8H2,1H3. The van der Waals surface area contributed by atoms with Gasteiger partial charge < -0.3 is 4.74 Å². The monoisotopic (exact) mass is 308 g/mol. The summed E-state index contributed by atoms with van der Waals surface area (Å²) in [5.74, 6) is 1.65. The van der Waals surface area contributed by atoms with Crippen LogP contribution in [-0.2, 0) is 6.42 Å². The summed E-state index contributed by atoms with van der Waals surface area (Å²) in [5, 5.41) is 0.901. The second-order valence-electron chi connectivity index (χ2n) is 4.72. The number of rotatable bonds is 2. The third-order valence-corrected chi connectivity index (χ3v) is 4.17. The van der Waals surface area contributed by atoms with Crippen molar-refractivity contribution in [2.75, 3.05) is 6.61 Å². The fraction of sp³-hybridized carbons (Fsp3) is 0.333. The van der Waals surface area contributed by atoms with Gasteiger partial charge in [0.05, 0.1) is 12.5 Å². The third-order valence-electron chi connectivity index (χ3n) is 3.55. The number of hydrogen-bond donors (Lipinski definition) is 0. The van der Waals surface area contributed by atoms with E-state index >= 15 is 0 Å².